The van der Waals surface area contributed by atoms with Crippen molar-refractivity contribution >= 4 is 0 Å². The first-order valence-electron chi connectivity index (χ1n) is 3.89. The highest BCUT2D eigenvalue weighted by Gasteiger charge is 1.90. The molecule has 66 valence electrons. The molecular formula is C8H9N5. The molecule has 1 aromatic rings. The van der Waals surface area contributed by atoms with E-state index in [-0.39, 0.29) is 6.54 Å². The smallest absolute Gasteiger partial charge is 0.0880 e. The highest BCUT2D eigenvalue weighted by atomic mass is 15.3. The van der Waals surface area contributed by atoms with Crippen molar-refractivity contribution in [3.63, 3.8) is 0 Å². The number of aromatic nitrogens is 2. The molecule has 0 aliphatic carbocycles. The minimum absolute atomic E-state index is 0.202. The van der Waals surface area contributed by atoms with Crippen LogP contribution in [0.1, 0.15) is 12.5 Å². The standard InChI is InChI=1S/C8H9N5/c1-2-13-7-8(6-11-13)4-3-5-10-12-9/h6-7H,2,5H2,1H3. The Balaban J connectivity index is 2.60. The zero-order valence-corrected chi connectivity index (χ0v) is 7.30. The molecule has 5 heteroatoms. The van der Waals surface area contributed by atoms with E-state index in [9.17, 15) is 0 Å². The molecule has 0 saturated carbocycles. The van der Waals surface area contributed by atoms with E-state index in [2.05, 4.69) is 27.0 Å². The van der Waals surface area contributed by atoms with E-state index >= 15 is 0 Å². The molecule has 1 rings (SSSR count). The van der Waals surface area contributed by atoms with Crippen molar-refractivity contribution in [3.8, 4) is 11.8 Å². The first-order valence-corrected chi connectivity index (χ1v) is 3.89. The van der Waals surface area contributed by atoms with Crippen LogP contribution in [0.4, 0.5) is 0 Å². The van der Waals surface area contributed by atoms with Crippen LogP contribution in [0.3, 0.4) is 0 Å². The fraction of sp³-hybridized carbons (Fsp3) is 0.375. The summed E-state index contributed by atoms with van der Waals surface area (Å²) in [6.07, 6.45) is 3.54. The molecule has 0 atom stereocenters. The third-order valence-corrected chi connectivity index (χ3v) is 1.40. The second kappa shape index (κ2) is 4.86. The lowest BCUT2D eigenvalue weighted by molar-refractivity contribution is 0.660. The topological polar surface area (TPSA) is 66.6 Å². The zero-order chi connectivity index (χ0) is 9.52. The second-order valence-corrected chi connectivity index (χ2v) is 2.28. The number of hydrogen-bond donors (Lipinski definition) is 0. The molecule has 0 bridgehead atoms. The Labute approximate surface area is 76.0 Å². The molecule has 0 N–H and O–H groups in total. The van der Waals surface area contributed by atoms with E-state index in [1.165, 1.54) is 0 Å². The van der Waals surface area contributed by atoms with Gasteiger partial charge < -0.3 is 0 Å². The van der Waals surface area contributed by atoms with E-state index in [1.807, 2.05) is 13.1 Å². The van der Waals surface area contributed by atoms with Gasteiger partial charge in [-0.05, 0) is 12.5 Å². The normalized spacial score (nSPS) is 8.38. The van der Waals surface area contributed by atoms with Crippen LogP contribution in [0.15, 0.2) is 17.5 Å². The molecule has 0 amide bonds. The Morgan fingerprint density at radius 2 is 2.62 bits per heavy atom. The summed E-state index contributed by atoms with van der Waals surface area (Å²) >= 11 is 0. The lowest BCUT2D eigenvalue weighted by atomic mass is 10.4. The number of hydrogen-bond acceptors (Lipinski definition) is 2. The Bertz CT molecular complexity index is 375. The monoisotopic (exact) mass is 175 g/mol. The van der Waals surface area contributed by atoms with Crippen molar-refractivity contribution in [1.29, 1.82) is 0 Å². The number of nitrogens with zero attached hydrogens (tertiary/aromatic N) is 5. The SMILES string of the molecule is CCn1cc(C#CCN=[N+]=[N-])cn1. The summed E-state index contributed by atoms with van der Waals surface area (Å²) in [5.41, 5.74) is 8.82. The van der Waals surface area contributed by atoms with Crippen molar-refractivity contribution in [2.75, 3.05) is 6.54 Å². The Morgan fingerprint density at radius 3 is 3.23 bits per heavy atom. The van der Waals surface area contributed by atoms with Crippen molar-refractivity contribution < 1.29 is 0 Å². The predicted octanol–water partition coefficient (Wildman–Crippen LogP) is 1.56. The summed E-state index contributed by atoms with van der Waals surface area (Å²) in [6, 6.07) is 0. The Kier molecular flexibility index (Phi) is 3.43. The Morgan fingerprint density at radius 1 is 1.77 bits per heavy atom. The number of rotatable bonds is 2. The summed E-state index contributed by atoms with van der Waals surface area (Å²) in [5, 5.41) is 7.34. The molecule has 1 heterocycles. The van der Waals surface area contributed by atoms with Gasteiger partial charge in [-0.15, -0.1) is 0 Å². The van der Waals surface area contributed by atoms with Crippen LogP contribution in [0.5, 0.6) is 0 Å². The molecule has 5 nitrogen and oxygen atoms in total. The van der Waals surface area contributed by atoms with Crippen LogP contribution < -0.4 is 0 Å². The summed E-state index contributed by atoms with van der Waals surface area (Å²) in [5.74, 6) is 5.55. The third kappa shape index (κ3) is 2.89. The summed E-state index contributed by atoms with van der Waals surface area (Å²) < 4.78 is 1.79. The fourth-order valence-corrected chi connectivity index (χ4v) is 0.810. The van der Waals surface area contributed by atoms with Gasteiger partial charge in [0.1, 0.15) is 0 Å². The third-order valence-electron chi connectivity index (χ3n) is 1.40. The highest BCUT2D eigenvalue weighted by molar-refractivity contribution is 5.29. The van der Waals surface area contributed by atoms with Crippen LogP contribution in [-0.4, -0.2) is 16.3 Å². The van der Waals surface area contributed by atoms with Gasteiger partial charge >= 0.3 is 0 Å². The van der Waals surface area contributed by atoms with Gasteiger partial charge in [-0.3, -0.25) is 4.68 Å². The van der Waals surface area contributed by atoms with Gasteiger partial charge in [0, 0.05) is 17.7 Å². The van der Waals surface area contributed by atoms with Gasteiger partial charge in [-0.2, -0.15) is 5.10 Å². The van der Waals surface area contributed by atoms with Gasteiger partial charge in [-0.1, -0.05) is 17.0 Å². The summed E-state index contributed by atoms with van der Waals surface area (Å²) in [6.45, 7) is 3.04. The van der Waals surface area contributed by atoms with Crippen LogP contribution >= 0.6 is 0 Å². The molecule has 0 spiro atoms. The molecule has 0 fully saturated rings. The largest absolute Gasteiger partial charge is 0.272 e. The van der Waals surface area contributed by atoms with Crippen molar-refractivity contribution in [3.05, 3.63) is 28.4 Å². The fourth-order valence-electron chi connectivity index (χ4n) is 0.810. The molecule has 0 unspecified atom stereocenters. The van der Waals surface area contributed by atoms with Crippen LogP contribution in [0.2, 0.25) is 0 Å². The van der Waals surface area contributed by atoms with E-state index < -0.39 is 0 Å². The van der Waals surface area contributed by atoms with Gasteiger partial charge in [0.15, 0.2) is 0 Å². The van der Waals surface area contributed by atoms with E-state index in [0.29, 0.717) is 0 Å². The van der Waals surface area contributed by atoms with Gasteiger partial charge in [0.05, 0.1) is 18.3 Å². The molecule has 0 aliphatic heterocycles. The van der Waals surface area contributed by atoms with Crippen LogP contribution in [0, 0.1) is 11.8 Å². The molecule has 0 aliphatic rings. The molecular weight excluding hydrogens is 166 g/mol. The molecule has 0 saturated heterocycles. The average Bonchev–Trinajstić information content (AvgIpc) is 2.60. The minimum Gasteiger partial charge on any atom is -0.272 e. The lowest BCUT2D eigenvalue weighted by Crippen LogP contribution is -1.91. The summed E-state index contributed by atoms with van der Waals surface area (Å²) in [7, 11) is 0. The van der Waals surface area contributed by atoms with Crippen LogP contribution in [-0.2, 0) is 6.54 Å². The van der Waals surface area contributed by atoms with Gasteiger partial charge in [-0.25, -0.2) is 0 Å². The van der Waals surface area contributed by atoms with E-state index in [1.54, 1.807) is 10.9 Å². The maximum Gasteiger partial charge on any atom is 0.0880 e. The van der Waals surface area contributed by atoms with Gasteiger partial charge in [0.25, 0.3) is 0 Å². The lowest BCUT2D eigenvalue weighted by Gasteiger charge is -1.88. The molecule has 1 aromatic heterocycles. The second-order valence-electron chi connectivity index (χ2n) is 2.28. The van der Waals surface area contributed by atoms with Crippen molar-refractivity contribution in [2.24, 2.45) is 5.11 Å². The molecule has 13 heavy (non-hydrogen) atoms. The first kappa shape index (κ1) is 9.17. The molecule has 0 aromatic carbocycles. The van der Waals surface area contributed by atoms with Crippen LogP contribution in [0.25, 0.3) is 10.4 Å². The quantitative estimate of drug-likeness (QED) is 0.291. The van der Waals surface area contributed by atoms with E-state index in [4.69, 9.17) is 5.53 Å². The zero-order valence-electron chi connectivity index (χ0n) is 7.30. The first-order chi connectivity index (χ1) is 6.36. The summed E-state index contributed by atoms with van der Waals surface area (Å²) in [4.78, 5) is 2.59. The number of aryl methyl sites for hydroxylation is 1. The predicted molar refractivity (Wildman–Crippen MR) is 48.8 cm³/mol. The highest BCUT2D eigenvalue weighted by Crippen LogP contribution is 1.93. The average molecular weight is 175 g/mol. The maximum absolute atomic E-state index is 7.98. The van der Waals surface area contributed by atoms with Crippen molar-refractivity contribution in [1.82, 2.24) is 9.78 Å². The molecule has 0 radical (unpaired) electrons. The van der Waals surface area contributed by atoms with Crippen molar-refractivity contribution in [2.45, 2.75) is 13.5 Å². The Hall–Kier alpha value is -1.92. The number of azide groups is 1. The van der Waals surface area contributed by atoms with Gasteiger partial charge in [0.2, 0.25) is 0 Å². The maximum atomic E-state index is 7.98. The van der Waals surface area contributed by atoms with E-state index in [0.717, 1.165) is 12.1 Å². The minimum atomic E-state index is 0.202.